The van der Waals surface area contributed by atoms with Crippen LogP contribution in [0.4, 0.5) is 0 Å². The fraction of sp³-hybridized carbons (Fsp3) is 0.890. The van der Waals surface area contributed by atoms with Gasteiger partial charge in [0.15, 0.2) is 24.8 Å². The van der Waals surface area contributed by atoms with Gasteiger partial charge in [-0.2, -0.15) is 0 Å². The van der Waals surface area contributed by atoms with Gasteiger partial charge in [-0.3, -0.25) is 28.2 Å². The highest BCUT2D eigenvalue weighted by Gasteiger charge is 2.60. The molecule has 3 aliphatic rings. The lowest BCUT2D eigenvalue weighted by Gasteiger charge is -2.50. The molecule has 18 atom stereocenters. The normalized spacial score (nSPS) is 25.2. The molecule has 0 bridgehead atoms. The van der Waals surface area contributed by atoms with E-state index in [1.165, 1.54) is 141 Å². The van der Waals surface area contributed by atoms with E-state index in [2.05, 4.69) is 64.2 Å². The molecule has 0 aromatic carbocycles. The van der Waals surface area contributed by atoms with Crippen molar-refractivity contribution in [3.63, 3.8) is 0 Å². The molecule has 0 spiro atoms. The van der Waals surface area contributed by atoms with E-state index in [-0.39, 0.29) is 25.7 Å². The molecular weight excluding hydrogens is 1520 g/mol. The highest BCUT2D eigenvalue weighted by molar-refractivity contribution is 7.47. The van der Waals surface area contributed by atoms with Crippen LogP contribution in [0.15, 0.2) is 36.5 Å². The van der Waals surface area contributed by atoms with Gasteiger partial charge >= 0.3 is 31.7 Å². The summed E-state index contributed by atoms with van der Waals surface area (Å²) in [6.45, 7) is 5.54. The maximum Gasteiger partial charge on any atom is 0.472 e. The largest absolute Gasteiger partial charge is 0.472 e. The molecule has 2 saturated heterocycles. The third kappa shape index (κ3) is 50.3. The number of rotatable bonds is 75. The van der Waals surface area contributed by atoms with Gasteiger partial charge in [-0.1, -0.05) is 295 Å². The Hall–Kier alpha value is -3.31. The summed E-state index contributed by atoms with van der Waals surface area (Å²) in [7, 11) is -5.81. The second kappa shape index (κ2) is 70.0. The molecule has 10 N–H and O–H groups in total. The van der Waals surface area contributed by atoms with Crippen molar-refractivity contribution in [3.8, 4) is 0 Å². The van der Waals surface area contributed by atoms with Gasteiger partial charge in [-0.05, 0) is 103 Å². The van der Waals surface area contributed by atoms with E-state index >= 15 is 0 Å². The summed E-state index contributed by atoms with van der Waals surface area (Å²) >= 11 is 0. The first-order valence-corrected chi connectivity index (χ1v) is 48.2. The zero-order chi connectivity index (χ0) is 85.4. The number of phosphoric ester groups is 1. The quantitative estimate of drug-likeness (QED) is 0.00889. The fourth-order valence-electron chi connectivity index (χ4n) is 15.1. The number of hydrogen-bond acceptors (Lipinski definition) is 24. The molecule has 25 nitrogen and oxygen atoms in total. The third-order valence-electron chi connectivity index (χ3n) is 22.6. The van der Waals surface area contributed by atoms with Crippen LogP contribution in [-0.2, 0) is 70.7 Å². The summed E-state index contributed by atoms with van der Waals surface area (Å²) in [5.74, 6) is -3.00. The van der Waals surface area contributed by atoms with Crippen LogP contribution < -0.4 is 0 Å². The van der Waals surface area contributed by atoms with Gasteiger partial charge in [0.1, 0.15) is 92.6 Å². The minimum absolute atomic E-state index is 0.0153. The maximum atomic E-state index is 14.9. The number of phosphoric acid groups is 1. The lowest BCUT2D eigenvalue weighted by atomic mass is 9.84. The number of aliphatic hydroxyl groups is 9. The molecule has 1 aliphatic carbocycles. The SMILES string of the molecule is CCCCCC/C=C\CCCCCCCCCC(=O)OCC(COP(=O)(O)OC1C(OC2OC(CO)C(O)C(O)C2O)C(O)C(O)C(OC(=O)CCCCCCCCC/C=C\CCCCCC)C1OC1OC(COC(=O)CCCCCCCCCCCCCCCCC)C(O)C(O)C1O)OC(=O)CCCCC/C=C\CCCCCCCC. The zero-order valence-electron chi connectivity index (χ0n) is 72.7. The van der Waals surface area contributed by atoms with E-state index in [1.807, 2.05) is 0 Å². The maximum absolute atomic E-state index is 14.9. The monoisotopic (exact) mass is 1690 g/mol. The first-order chi connectivity index (χ1) is 56.7. The number of unbranched alkanes of at least 4 members (excludes halogenated alkanes) is 45. The van der Waals surface area contributed by atoms with E-state index in [9.17, 15) is 74.6 Å². The summed E-state index contributed by atoms with van der Waals surface area (Å²) in [5, 5.41) is 102. The second-order valence-electron chi connectivity index (χ2n) is 33.2. The molecule has 1 saturated carbocycles. The molecular formula is C91H165O25P. The Balaban J connectivity index is 1.92. The van der Waals surface area contributed by atoms with Crippen LogP contribution in [0.25, 0.3) is 0 Å². The van der Waals surface area contributed by atoms with Crippen LogP contribution in [0.3, 0.4) is 0 Å². The number of esters is 4. The Morgan fingerprint density at radius 3 is 1.03 bits per heavy atom. The first-order valence-electron chi connectivity index (χ1n) is 46.7. The standard InChI is InChI=1S/C91H165O25P/c1-5-9-13-17-21-25-29-33-36-40-43-47-51-55-59-63-74(93)107-68-71(110-76(95)65-61-57-53-49-45-39-32-28-24-20-16-12-8-4)69-109-117(105,106)116-89-87(114-90-84(103)80(99)78(97)72(67-92)111-90)83(102)82(101)86(113-77(96)66-62-58-54-50-46-42-38-35-31-27-23-19-15-11-7-3)88(89)115-91-85(104)81(100)79(98)73(112-91)70-108-75(94)64-60-56-52-48-44-41-37-34-30-26-22-18-14-10-6-2/h25,27,29,31,39,45,71-73,78-92,97-104H,5-24,26,28,30,32-38,40-44,46-70H2,1-4H3,(H,105,106)/b29-25-,31-27-,45-39-. The van der Waals surface area contributed by atoms with Crippen molar-refractivity contribution in [1.29, 1.82) is 0 Å². The number of aliphatic hydroxyl groups excluding tert-OH is 9. The predicted octanol–water partition coefficient (Wildman–Crippen LogP) is 17.1. The summed E-state index contributed by atoms with van der Waals surface area (Å²) in [4.78, 5) is 66.4. The number of hydrogen-bond donors (Lipinski definition) is 10. The summed E-state index contributed by atoms with van der Waals surface area (Å²) in [5.41, 5.74) is 0. The topological polar surface area (TPSA) is 380 Å². The molecule has 684 valence electrons. The van der Waals surface area contributed by atoms with Gasteiger partial charge in [0.25, 0.3) is 0 Å². The highest BCUT2D eigenvalue weighted by atomic mass is 31.2. The van der Waals surface area contributed by atoms with Gasteiger partial charge < -0.3 is 88.7 Å². The number of carbonyl (C=O) groups excluding carboxylic acids is 4. The van der Waals surface area contributed by atoms with Crippen molar-refractivity contribution in [2.24, 2.45) is 0 Å². The van der Waals surface area contributed by atoms with Crippen molar-refractivity contribution in [3.05, 3.63) is 36.5 Å². The Kier molecular flexibility index (Phi) is 64.6. The molecule has 117 heavy (non-hydrogen) atoms. The minimum atomic E-state index is -5.81. The van der Waals surface area contributed by atoms with Crippen LogP contribution in [0.1, 0.15) is 387 Å². The molecule has 2 heterocycles. The third-order valence-corrected chi connectivity index (χ3v) is 23.6. The zero-order valence-corrected chi connectivity index (χ0v) is 73.6. The molecule has 18 unspecified atom stereocenters. The molecule has 2 aliphatic heterocycles. The molecule has 3 rings (SSSR count). The summed E-state index contributed by atoms with van der Waals surface area (Å²) in [6, 6.07) is 0. The molecule has 0 aromatic rings. The molecule has 0 aromatic heterocycles. The summed E-state index contributed by atoms with van der Waals surface area (Å²) in [6.07, 6.45) is 31.4. The van der Waals surface area contributed by atoms with Crippen molar-refractivity contribution in [1.82, 2.24) is 0 Å². The van der Waals surface area contributed by atoms with Crippen LogP contribution in [0, 0.1) is 0 Å². The van der Waals surface area contributed by atoms with Gasteiger partial charge in [0.2, 0.25) is 0 Å². The molecule has 0 amide bonds. The van der Waals surface area contributed by atoms with E-state index in [0.29, 0.717) is 38.5 Å². The van der Waals surface area contributed by atoms with Crippen molar-refractivity contribution in [2.75, 3.05) is 26.4 Å². The van der Waals surface area contributed by atoms with E-state index in [1.54, 1.807) is 0 Å². The molecule has 3 fully saturated rings. The molecule has 0 radical (unpaired) electrons. The average Bonchev–Trinajstić information content (AvgIpc) is 0.754. The fourth-order valence-corrected chi connectivity index (χ4v) is 16.1. The van der Waals surface area contributed by atoms with Crippen molar-refractivity contribution < 1.29 is 122 Å². The lowest BCUT2D eigenvalue weighted by molar-refractivity contribution is -0.360. The summed E-state index contributed by atoms with van der Waals surface area (Å²) < 4.78 is 73.4. The van der Waals surface area contributed by atoms with Gasteiger partial charge in [-0.15, -0.1) is 0 Å². The van der Waals surface area contributed by atoms with Gasteiger partial charge in [0, 0.05) is 25.7 Å². The second-order valence-corrected chi connectivity index (χ2v) is 34.6. The van der Waals surface area contributed by atoms with Crippen LogP contribution in [0.5, 0.6) is 0 Å². The van der Waals surface area contributed by atoms with Crippen molar-refractivity contribution in [2.45, 2.75) is 491 Å². The average molecular weight is 1690 g/mol. The van der Waals surface area contributed by atoms with Gasteiger partial charge in [-0.25, -0.2) is 4.57 Å². The van der Waals surface area contributed by atoms with E-state index in [0.717, 1.165) is 154 Å². The number of ether oxygens (including phenoxy) is 8. The number of allylic oxidation sites excluding steroid dienone is 6. The number of carbonyl (C=O) groups is 4. The molecule has 26 heteroatoms. The lowest BCUT2D eigenvalue weighted by Crippen LogP contribution is -2.70. The Bertz CT molecular complexity index is 2580. The Morgan fingerprint density at radius 1 is 0.333 bits per heavy atom. The Labute approximate surface area is 704 Å². The highest BCUT2D eigenvalue weighted by Crippen LogP contribution is 2.49. The first kappa shape index (κ1) is 108. The van der Waals surface area contributed by atoms with Gasteiger partial charge in [0.05, 0.1) is 13.2 Å². The van der Waals surface area contributed by atoms with E-state index in [4.69, 9.17) is 46.9 Å². The van der Waals surface area contributed by atoms with Crippen LogP contribution in [0.2, 0.25) is 0 Å². The smallest absolute Gasteiger partial charge is 0.463 e. The van der Waals surface area contributed by atoms with Crippen molar-refractivity contribution >= 4 is 31.7 Å². The van der Waals surface area contributed by atoms with Crippen LogP contribution in [-0.4, -0.2) is 205 Å². The predicted molar refractivity (Wildman–Crippen MR) is 453 cm³/mol. The van der Waals surface area contributed by atoms with E-state index < -0.39 is 162 Å². The Morgan fingerprint density at radius 2 is 0.641 bits per heavy atom. The van der Waals surface area contributed by atoms with Crippen LogP contribution >= 0.6 is 7.82 Å². The minimum Gasteiger partial charge on any atom is -0.463 e.